The molecule has 3 N–H and O–H groups in total. The highest BCUT2D eigenvalue weighted by atomic mass is 16.3. The molecule has 0 radical (unpaired) electrons. The van der Waals surface area contributed by atoms with Crippen LogP contribution in [0.1, 0.15) is 32.4 Å². The Labute approximate surface area is 97.9 Å². The minimum Gasteiger partial charge on any atom is -0.395 e. The van der Waals surface area contributed by atoms with Crippen LogP contribution in [0, 0.1) is 0 Å². The Kier molecular flexibility index (Phi) is 4.77. The molecule has 0 spiro atoms. The van der Waals surface area contributed by atoms with E-state index in [1.807, 2.05) is 25.1 Å². The van der Waals surface area contributed by atoms with Crippen LogP contribution in [0.4, 0.5) is 5.69 Å². The Morgan fingerprint density at radius 1 is 1.25 bits per heavy atom. The summed E-state index contributed by atoms with van der Waals surface area (Å²) in [5.74, 6) is 0. The summed E-state index contributed by atoms with van der Waals surface area (Å²) in [6.45, 7) is 7.02. The van der Waals surface area contributed by atoms with Crippen molar-refractivity contribution in [2.24, 2.45) is 5.73 Å². The van der Waals surface area contributed by atoms with E-state index in [1.54, 1.807) is 0 Å². The average molecular weight is 222 g/mol. The van der Waals surface area contributed by atoms with E-state index in [0.717, 1.165) is 11.3 Å². The highest BCUT2D eigenvalue weighted by Gasteiger charge is 2.15. The van der Waals surface area contributed by atoms with Crippen molar-refractivity contribution in [3.63, 3.8) is 0 Å². The lowest BCUT2D eigenvalue weighted by Crippen LogP contribution is -2.34. The van der Waals surface area contributed by atoms with Gasteiger partial charge in [0.15, 0.2) is 0 Å². The predicted molar refractivity (Wildman–Crippen MR) is 68.6 cm³/mol. The van der Waals surface area contributed by atoms with Crippen molar-refractivity contribution < 1.29 is 5.11 Å². The molecule has 0 bridgehead atoms. The molecule has 0 aliphatic heterocycles. The normalized spacial score (nSPS) is 12.9. The summed E-state index contributed by atoms with van der Waals surface area (Å²) in [5.41, 5.74) is 8.22. The molecule has 0 aromatic heterocycles. The molecular weight excluding hydrogens is 200 g/mol. The van der Waals surface area contributed by atoms with Gasteiger partial charge in [0, 0.05) is 24.3 Å². The molecular formula is C13H22N2O. The number of nitrogens with zero attached hydrogens (tertiary/aromatic N) is 1. The van der Waals surface area contributed by atoms with E-state index in [2.05, 4.69) is 24.8 Å². The maximum absolute atomic E-state index is 9.10. The third-order valence-electron chi connectivity index (χ3n) is 2.70. The lowest BCUT2D eigenvalue weighted by atomic mass is 10.0. The van der Waals surface area contributed by atoms with Crippen LogP contribution >= 0.6 is 0 Å². The summed E-state index contributed by atoms with van der Waals surface area (Å²) in [7, 11) is 0. The number of benzene rings is 1. The van der Waals surface area contributed by atoms with E-state index in [1.165, 1.54) is 0 Å². The lowest BCUT2D eigenvalue weighted by molar-refractivity contribution is 0.299. The number of aliphatic hydroxyl groups excluding tert-OH is 1. The third-order valence-corrected chi connectivity index (χ3v) is 2.70. The van der Waals surface area contributed by atoms with Crippen LogP contribution in [0.25, 0.3) is 0 Å². The fourth-order valence-electron chi connectivity index (χ4n) is 1.90. The molecule has 0 saturated heterocycles. The summed E-state index contributed by atoms with van der Waals surface area (Å²) < 4.78 is 0. The highest BCUT2D eigenvalue weighted by molar-refractivity contribution is 5.55. The first-order chi connectivity index (χ1) is 7.57. The van der Waals surface area contributed by atoms with Gasteiger partial charge in [0.05, 0.1) is 6.61 Å². The van der Waals surface area contributed by atoms with Gasteiger partial charge in [0.25, 0.3) is 0 Å². The van der Waals surface area contributed by atoms with E-state index in [4.69, 9.17) is 10.8 Å². The zero-order valence-corrected chi connectivity index (χ0v) is 10.4. The van der Waals surface area contributed by atoms with E-state index in [-0.39, 0.29) is 12.6 Å². The maximum atomic E-state index is 9.10. The fourth-order valence-corrected chi connectivity index (χ4v) is 1.90. The highest BCUT2D eigenvalue weighted by Crippen LogP contribution is 2.26. The average Bonchev–Trinajstić information content (AvgIpc) is 2.25. The number of aliphatic hydroxyl groups is 1. The number of anilines is 1. The zero-order chi connectivity index (χ0) is 12.1. The first kappa shape index (κ1) is 13.0. The minimum atomic E-state index is 0.0103. The van der Waals surface area contributed by atoms with Crippen molar-refractivity contribution >= 4 is 5.69 Å². The lowest BCUT2D eigenvalue weighted by Gasteiger charge is -2.31. The Bertz CT molecular complexity index is 323. The molecule has 3 nitrogen and oxygen atoms in total. The number of nitrogens with two attached hydrogens (primary N) is 1. The second-order valence-electron chi connectivity index (χ2n) is 4.36. The summed E-state index contributed by atoms with van der Waals surface area (Å²) in [5, 5.41) is 9.10. The van der Waals surface area contributed by atoms with Gasteiger partial charge in [-0.2, -0.15) is 0 Å². The topological polar surface area (TPSA) is 49.5 Å². The maximum Gasteiger partial charge on any atom is 0.0606 e. The van der Waals surface area contributed by atoms with E-state index >= 15 is 0 Å². The van der Waals surface area contributed by atoms with Crippen molar-refractivity contribution in [2.75, 3.05) is 18.1 Å². The zero-order valence-electron chi connectivity index (χ0n) is 10.4. The van der Waals surface area contributed by atoms with Gasteiger partial charge in [-0.05, 0) is 32.4 Å². The number of para-hydroxylation sites is 1. The van der Waals surface area contributed by atoms with E-state index in [0.29, 0.717) is 12.6 Å². The standard InChI is InChI=1S/C13H22N2O/c1-10(2)15(8-9-16)13-7-5-4-6-12(13)11(3)14/h4-7,10-11,16H,8-9,14H2,1-3H3. The number of hydrogen-bond donors (Lipinski definition) is 2. The van der Waals surface area contributed by atoms with Gasteiger partial charge < -0.3 is 15.7 Å². The molecule has 1 atom stereocenters. The van der Waals surface area contributed by atoms with Gasteiger partial charge in [-0.3, -0.25) is 0 Å². The molecule has 1 aromatic carbocycles. The summed E-state index contributed by atoms with van der Waals surface area (Å²) in [6, 6.07) is 8.48. The van der Waals surface area contributed by atoms with Crippen LogP contribution in [-0.2, 0) is 0 Å². The predicted octanol–water partition coefficient (Wildman–Crippen LogP) is 1.91. The Morgan fingerprint density at radius 2 is 1.88 bits per heavy atom. The van der Waals surface area contributed by atoms with Gasteiger partial charge in [-0.1, -0.05) is 18.2 Å². The first-order valence-electron chi connectivity index (χ1n) is 5.80. The van der Waals surface area contributed by atoms with Crippen LogP contribution in [0.2, 0.25) is 0 Å². The molecule has 0 aliphatic rings. The third kappa shape index (κ3) is 2.97. The fraction of sp³-hybridized carbons (Fsp3) is 0.538. The second-order valence-corrected chi connectivity index (χ2v) is 4.36. The molecule has 1 aromatic rings. The molecule has 0 saturated carbocycles. The van der Waals surface area contributed by atoms with Crippen LogP contribution in [-0.4, -0.2) is 24.3 Å². The largest absolute Gasteiger partial charge is 0.395 e. The van der Waals surface area contributed by atoms with E-state index < -0.39 is 0 Å². The summed E-state index contributed by atoms with van der Waals surface area (Å²) in [6.07, 6.45) is 0. The van der Waals surface area contributed by atoms with Crippen molar-refractivity contribution in [2.45, 2.75) is 32.9 Å². The van der Waals surface area contributed by atoms with Crippen molar-refractivity contribution in [1.29, 1.82) is 0 Å². The summed E-state index contributed by atoms with van der Waals surface area (Å²) >= 11 is 0. The molecule has 3 heteroatoms. The van der Waals surface area contributed by atoms with Gasteiger partial charge in [0.2, 0.25) is 0 Å². The Balaban J connectivity index is 3.07. The van der Waals surface area contributed by atoms with Gasteiger partial charge in [-0.15, -0.1) is 0 Å². The number of rotatable bonds is 5. The molecule has 1 rings (SSSR count). The molecule has 90 valence electrons. The smallest absolute Gasteiger partial charge is 0.0606 e. The first-order valence-corrected chi connectivity index (χ1v) is 5.80. The molecule has 0 heterocycles. The molecule has 0 aliphatic carbocycles. The Morgan fingerprint density at radius 3 is 2.38 bits per heavy atom. The van der Waals surface area contributed by atoms with Crippen LogP contribution < -0.4 is 10.6 Å². The summed E-state index contributed by atoms with van der Waals surface area (Å²) in [4.78, 5) is 2.18. The van der Waals surface area contributed by atoms with Crippen molar-refractivity contribution in [3.05, 3.63) is 29.8 Å². The van der Waals surface area contributed by atoms with Gasteiger partial charge >= 0.3 is 0 Å². The van der Waals surface area contributed by atoms with Crippen molar-refractivity contribution in [3.8, 4) is 0 Å². The van der Waals surface area contributed by atoms with Crippen molar-refractivity contribution in [1.82, 2.24) is 0 Å². The molecule has 16 heavy (non-hydrogen) atoms. The quantitative estimate of drug-likeness (QED) is 0.800. The molecule has 0 amide bonds. The van der Waals surface area contributed by atoms with Crippen LogP contribution in [0.5, 0.6) is 0 Å². The number of hydrogen-bond acceptors (Lipinski definition) is 3. The van der Waals surface area contributed by atoms with Gasteiger partial charge in [-0.25, -0.2) is 0 Å². The minimum absolute atomic E-state index is 0.0103. The monoisotopic (exact) mass is 222 g/mol. The molecule has 0 fully saturated rings. The van der Waals surface area contributed by atoms with Gasteiger partial charge in [0.1, 0.15) is 0 Å². The van der Waals surface area contributed by atoms with E-state index in [9.17, 15) is 0 Å². The SMILES string of the molecule is CC(N)c1ccccc1N(CCO)C(C)C. The Hall–Kier alpha value is -1.06. The molecule has 1 unspecified atom stereocenters. The van der Waals surface area contributed by atoms with Crippen LogP contribution in [0.3, 0.4) is 0 Å². The van der Waals surface area contributed by atoms with Crippen LogP contribution in [0.15, 0.2) is 24.3 Å². The second kappa shape index (κ2) is 5.87.